The summed E-state index contributed by atoms with van der Waals surface area (Å²) in [7, 11) is 1.62. The van der Waals surface area contributed by atoms with Crippen molar-refractivity contribution in [2.45, 2.75) is 92.9 Å². The predicted molar refractivity (Wildman–Crippen MR) is 181 cm³/mol. The van der Waals surface area contributed by atoms with Crippen LogP contribution in [0.3, 0.4) is 0 Å². The van der Waals surface area contributed by atoms with Crippen molar-refractivity contribution >= 4 is 35.7 Å². The molecule has 0 saturated carbocycles. The minimum absolute atomic E-state index is 0. The van der Waals surface area contributed by atoms with Crippen LogP contribution in [-0.4, -0.2) is 41.7 Å². The van der Waals surface area contributed by atoms with Crippen molar-refractivity contribution < 1.29 is 51.5 Å². The van der Waals surface area contributed by atoms with Gasteiger partial charge in [-0.2, -0.15) is 0 Å². The summed E-state index contributed by atoms with van der Waals surface area (Å²) in [5.74, 6) is -0.580. The molecule has 0 spiro atoms. The molecular formula is C37H48CoN2O7. The third kappa shape index (κ3) is 14.9. The van der Waals surface area contributed by atoms with E-state index in [9.17, 15) is 10.2 Å². The van der Waals surface area contributed by atoms with Crippen LogP contribution in [0.25, 0.3) is 0 Å². The average Bonchev–Trinajstić information content (AvgIpc) is 2.96. The number of methoxy groups -OCH3 is 1. The SMILES string of the molecule is CC(=O)[O-].CC(=O)[O-].CCCc1cc(C=Nc2ccc(OC)cc2N=Cc2cc(CCC)cc(C(C)C)c2O)c(O)c(C(C)C)c1.[Co+2]. The van der Waals surface area contributed by atoms with Crippen molar-refractivity contribution in [3.8, 4) is 17.2 Å². The first-order chi connectivity index (χ1) is 21.6. The summed E-state index contributed by atoms with van der Waals surface area (Å²) >= 11 is 0. The van der Waals surface area contributed by atoms with Crippen LogP contribution in [0.5, 0.6) is 17.2 Å². The number of aryl methyl sites for hydroxylation is 2. The Morgan fingerprint density at radius 2 is 1.13 bits per heavy atom. The molecule has 3 aromatic carbocycles. The molecule has 0 aliphatic carbocycles. The van der Waals surface area contributed by atoms with Gasteiger partial charge in [0.2, 0.25) is 0 Å². The number of rotatable bonds is 11. The minimum Gasteiger partial charge on any atom is -0.550 e. The molecule has 2 N–H and O–H groups in total. The molecule has 9 nitrogen and oxygen atoms in total. The maximum atomic E-state index is 10.9. The van der Waals surface area contributed by atoms with Crippen molar-refractivity contribution in [3.63, 3.8) is 0 Å². The Labute approximate surface area is 289 Å². The number of phenolic OH excluding ortho intramolecular Hbond substituents is 2. The zero-order chi connectivity index (χ0) is 35.0. The summed E-state index contributed by atoms with van der Waals surface area (Å²) in [6, 6.07) is 13.7. The Morgan fingerprint density at radius 1 is 0.745 bits per heavy atom. The second kappa shape index (κ2) is 21.6. The van der Waals surface area contributed by atoms with Gasteiger partial charge in [-0.15, -0.1) is 0 Å². The summed E-state index contributed by atoms with van der Waals surface area (Å²) in [5.41, 5.74) is 6.84. The van der Waals surface area contributed by atoms with Crippen molar-refractivity contribution in [1.29, 1.82) is 0 Å². The van der Waals surface area contributed by atoms with Gasteiger partial charge in [-0.25, -0.2) is 0 Å². The van der Waals surface area contributed by atoms with E-state index in [0.29, 0.717) is 28.3 Å². The first-order valence-corrected chi connectivity index (χ1v) is 15.5. The van der Waals surface area contributed by atoms with E-state index in [-0.39, 0.29) is 40.1 Å². The van der Waals surface area contributed by atoms with Gasteiger partial charge < -0.3 is 34.8 Å². The molecule has 3 aromatic rings. The molecular weight excluding hydrogens is 643 g/mol. The van der Waals surface area contributed by atoms with Crippen molar-refractivity contribution in [2.75, 3.05) is 7.11 Å². The number of aliphatic imine (C=N–C) groups is 2. The Morgan fingerprint density at radius 3 is 1.47 bits per heavy atom. The van der Waals surface area contributed by atoms with Gasteiger partial charge in [0, 0.05) is 41.6 Å². The minimum atomic E-state index is -1.08. The monoisotopic (exact) mass is 691 g/mol. The molecule has 257 valence electrons. The molecule has 1 radical (unpaired) electrons. The predicted octanol–water partition coefficient (Wildman–Crippen LogP) is 6.27. The summed E-state index contributed by atoms with van der Waals surface area (Å²) in [6.07, 6.45) is 7.34. The maximum absolute atomic E-state index is 10.9. The normalized spacial score (nSPS) is 10.7. The Bertz CT molecular complexity index is 1500. The summed E-state index contributed by atoms with van der Waals surface area (Å²) in [6.45, 7) is 14.6. The molecule has 0 saturated heterocycles. The van der Waals surface area contributed by atoms with Crippen LogP contribution in [0.2, 0.25) is 0 Å². The number of benzene rings is 3. The summed E-state index contributed by atoms with van der Waals surface area (Å²) in [4.78, 5) is 27.2. The molecule has 0 heterocycles. The number of carbonyl (C=O) groups is 2. The molecule has 0 atom stereocenters. The zero-order valence-corrected chi connectivity index (χ0v) is 29.9. The van der Waals surface area contributed by atoms with Gasteiger partial charge in [-0.05, 0) is 85.0 Å². The summed E-state index contributed by atoms with van der Waals surface area (Å²) in [5, 5.41) is 39.7. The molecule has 0 amide bonds. The number of hydrogen-bond acceptors (Lipinski definition) is 9. The number of carbonyl (C=O) groups excluding carboxylic acids is 2. The third-order valence-electron chi connectivity index (χ3n) is 6.65. The maximum Gasteiger partial charge on any atom is 2.00 e. The molecule has 3 rings (SSSR count). The molecule has 0 fully saturated rings. The molecule has 47 heavy (non-hydrogen) atoms. The first kappa shape index (κ1) is 42.8. The summed E-state index contributed by atoms with van der Waals surface area (Å²) < 4.78 is 5.44. The van der Waals surface area contributed by atoms with E-state index in [2.05, 4.69) is 53.7 Å². The van der Waals surface area contributed by atoms with E-state index in [4.69, 9.17) is 34.5 Å². The number of aromatic hydroxyl groups is 2. The second-order valence-corrected chi connectivity index (χ2v) is 11.4. The smallest absolute Gasteiger partial charge is 0.550 e. The van der Waals surface area contributed by atoms with Crippen molar-refractivity contribution in [1.82, 2.24) is 0 Å². The van der Waals surface area contributed by atoms with Crippen LogP contribution in [0.4, 0.5) is 11.4 Å². The van der Waals surface area contributed by atoms with Crippen LogP contribution in [0.1, 0.15) is 113 Å². The van der Waals surface area contributed by atoms with Gasteiger partial charge in [0.25, 0.3) is 0 Å². The number of phenols is 2. The van der Waals surface area contributed by atoms with Gasteiger partial charge in [0.15, 0.2) is 0 Å². The fourth-order valence-electron chi connectivity index (χ4n) is 4.55. The standard InChI is InChI=1S/C33H42N2O3.2C2H4O2.Co/c1-8-10-23-14-25(32(36)28(16-23)21(3)4)19-34-30-13-12-27(38-7)18-31(30)35-20-26-15-24(11-9-2)17-29(22(5)6)33(26)37;2*1-2(3)4;/h12-22,36-37H,8-11H2,1-7H3;2*1H3,(H,3,4);/q;;;+2/p-2. The van der Waals surface area contributed by atoms with Gasteiger partial charge >= 0.3 is 16.8 Å². The Kier molecular flexibility index (Phi) is 19.7. The molecule has 0 aromatic heterocycles. The largest absolute Gasteiger partial charge is 2.00 e. The quantitative estimate of drug-likeness (QED) is 0.225. The number of hydrogen-bond donors (Lipinski definition) is 2. The van der Waals surface area contributed by atoms with E-state index >= 15 is 0 Å². The Balaban J connectivity index is 0.00000211. The van der Waals surface area contributed by atoms with E-state index < -0.39 is 11.9 Å². The van der Waals surface area contributed by atoms with Gasteiger partial charge in [0.05, 0.1) is 18.5 Å². The van der Waals surface area contributed by atoms with Gasteiger partial charge in [0.1, 0.15) is 17.2 Å². The second-order valence-electron chi connectivity index (χ2n) is 11.4. The van der Waals surface area contributed by atoms with E-state index in [1.165, 1.54) is 11.1 Å². The first-order valence-electron chi connectivity index (χ1n) is 15.5. The average molecular weight is 692 g/mol. The van der Waals surface area contributed by atoms with E-state index in [1.54, 1.807) is 19.5 Å². The van der Waals surface area contributed by atoms with Gasteiger partial charge in [-0.1, -0.05) is 66.5 Å². The van der Waals surface area contributed by atoms with Gasteiger partial charge in [-0.3, -0.25) is 9.98 Å². The molecule has 0 aliphatic rings. The number of aliphatic carboxylic acids is 2. The van der Waals surface area contributed by atoms with E-state index in [1.807, 2.05) is 30.3 Å². The topological polar surface area (TPSA) is 155 Å². The van der Waals surface area contributed by atoms with Crippen LogP contribution >= 0.6 is 0 Å². The molecule has 0 unspecified atom stereocenters. The fourth-order valence-corrected chi connectivity index (χ4v) is 4.55. The van der Waals surface area contributed by atoms with Crippen molar-refractivity contribution in [2.24, 2.45) is 9.98 Å². The number of ether oxygens (including phenoxy) is 1. The molecule has 0 bridgehead atoms. The molecule has 0 aliphatic heterocycles. The van der Waals surface area contributed by atoms with Crippen LogP contribution in [-0.2, 0) is 39.2 Å². The molecule has 10 heteroatoms. The third-order valence-corrected chi connectivity index (χ3v) is 6.65. The Hall–Kier alpha value is -4.15. The number of carboxylic acid groups (broad SMARTS) is 2. The van der Waals surface area contributed by atoms with Crippen LogP contribution < -0.4 is 14.9 Å². The van der Waals surface area contributed by atoms with E-state index in [0.717, 1.165) is 50.7 Å². The van der Waals surface area contributed by atoms with Crippen LogP contribution in [0.15, 0.2) is 52.4 Å². The van der Waals surface area contributed by atoms with Crippen molar-refractivity contribution in [3.05, 3.63) is 75.8 Å². The number of nitrogens with zero attached hydrogens (tertiary/aromatic N) is 2. The fraction of sp³-hybridized carbons (Fsp3) is 0.405. The zero-order valence-electron chi connectivity index (χ0n) is 28.8. The van der Waals surface area contributed by atoms with Crippen LogP contribution in [0, 0.1) is 0 Å². The number of carboxylic acids is 2.